The van der Waals surface area contributed by atoms with Crippen molar-refractivity contribution >= 4 is 33.5 Å². The third kappa shape index (κ3) is 4.44. The predicted octanol–water partition coefficient (Wildman–Crippen LogP) is 3.83. The van der Waals surface area contributed by atoms with Crippen molar-refractivity contribution in [3.63, 3.8) is 0 Å². The van der Waals surface area contributed by atoms with Gasteiger partial charge >= 0.3 is 0 Å². The van der Waals surface area contributed by atoms with Gasteiger partial charge in [-0.3, -0.25) is 0 Å². The Bertz CT molecular complexity index is 885. The van der Waals surface area contributed by atoms with Crippen LogP contribution in [0.5, 0.6) is 11.5 Å². The lowest BCUT2D eigenvalue weighted by Crippen LogP contribution is -2.07. The maximum absolute atomic E-state index is 5.90. The zero-order valence-electron chi connectivity index (χ0n) is 14.2. The number of hydrogen-bond acceptors (Lipinski definition) is 6. The number of hydrogen-bond donors (Lipinski definition) is 1. The van der Waals surface area contributed by atoms with E-state index in [1.807, 2.05) is 36.4 Å². The smallest absolute Gasteiger partial charge is 0.242 e. The van der Waals surface area contributed by atoms with Crippen molar-refractivity contribution < 1.29 is 9.47 Å². The summed E-state index contributed by atoms with van der Waals surface area (Å²) in [6, 6.07) is 11.3. The van der Waals surface area contributed by atoms with Gasteiger partial charge in [0.25, 0.3) is 0 Å². The van der Waals surface area contributed by atoms with Crippen molar-refractivity contribution in [3.05, 3.63) is 57.0 Å². The van der Waals surface area contributed by atoms with E-state index in [1.165, 1.54) is 0 Å². The van der Waals surface area contributed by atoms with Crippen LogP contribution in [-0.2, 0) is 20.2 Å². The van der Waals surface area contributed by atoms with E-state index in [4.69, 9.17) is 21.1 Å². The van der Waals surface area contributed by atoms with Crippen LogP contribution >= 0.6 is 27.5 Å². The van der Waals surface area contributed by atoms with E-state index in [1.54, 1.807) is 18.8 Å². The van der Waals surface area contributed by atoms with Crippen LogP contribution in [0.3, 0.4) is 0 Å². The first-order valence-corrected chi connectivity index (χ1v) is 8.94. The molecule has 1 aromatic heterocycles. The van der Waals surface area contributed by atoms with E-state index in [9.17, 15) is 0 Å². The highest BCUT2D eigenvalue weighted by Crippen LogP contribution is 2.34. The molecule has 1 heterocycles. The van der Waals surface area contributed by atoms with Crippen molar-refractivity contribution in [1.82, 2.24) is 20.2 Å². The van der Waals surface area contributed by atoms with E-state index in [0.717, 1.165) is 15.6 Å². The number of anilines is 1. The predicted molar refractivity (Wildman–Crippen MR) is 103 cm³/mol. The van der Waals surface area contributed by atoms with Crippen LogP contribution in [0.15, 0.2) is 40.9 Å². The maximum atomic E-state index is 5.90. The molecule has 0 aliphatic heterocycles. The molecule has 0 saturated carbocycles. The third-order valence-electron chi connectivity index (χ3n) is 3.70. The summed E-state index contributed by atoms with van der Waals surface area (Å²) in [5.74, 6) is 1.88. The zero-order chi connectivity index (χ0) is 18.5. The standard InChI is InChI=1S/C17H17BrClN5O2/c1-24-17(21-22-23-24)20-9-12-7-15(25-2)16(8-14(12)18)26-10-11-3-5-13(19)6-4-11/h3-8H,9-10H2,1-2H3,(H,20,21,23). The third-order valence-corrected chi connectivity index (χ3v) is 4.69. The number of halogens is 2. The summed E-state index contributed by atoms with van der Waals surface area (Å²) in [5, 5.41) is 15.2. The highest BCUT2D eigenvalue weighted by Gasteiger charge is 2.12. The van der Waals surface area contributed by atoms with Crippen LogP contribution in [-0.4, -0.2) is 27.3 Å². The van der Waals surface area contributed by atoms with E-state index < -0.39 is 0 Å². The maximum Gasteiger partial charge on any atom is 0.242 e. The van der Waals surface area contributed by atoms with Crippen LogP contribution in [0.25, 0.3) is 0 Å². The van der Waals surface area contributed by atoms with Gasteiger partial charge in [0.2, 0.25) is 5.95 Å². The second-order valence-corrected chi connectivity index (χ2v) is 6.78. The number of ether oxygens (including phenoxy) is 2. The lowest BCUT2D eigenvalue weighted by molar-refractivity contribution is 0.284. The minimum atomic E-state index is 0.419. The van der Waals surface area contributed by atoms with Gasteiger partial charge in [-0.25, -0.2) is 4.68 Å². The molecule has 3 aromatic rings. The first kappa shape index (κ1) is 18.5. The monoisotopic (exact) mass is 437 g/mol. The van der Waals surface area contributed by atoms with Crippen molar-refractivity contribution in [2.24, 2.45) is 7.05 Å². The molecule has 26 heavy (non-hydrogen) atoms. The van der Waals surface area contributed by atoms with Gasteiger partial charge in [-0.2, -0.15) is 0 Å². The van der Waals surface area contributed by atoms with Gasteiger partial charge in [0.15, 0.2) is 11.5 Å². The second-order valence-electron chi connectivity index (χ2n) is 5.49. The van der Waals surface area contributed by atoms with Crippen LogP contribution in [0, 0.1) is 0 Å². The topological polar surface area (TPSA) is 74.1 Å². The number of aromatic nitrogens is 4. The summed E-state index contributed by atoms with van der Waals surface area (Å²) >= 11 is 9.48. The normalized spacial score (nSPS) is 10.6. The van der Waals surface area contributed by atoms with E-state index >= 15 is 0 Å². The van der Waals surface area contributed by atoms with Crippen LogP contribution in [0.1, 0.15) is 11.1 Å². The SMILES string of the molecule is COc1cc(CNc2nnnn2C)c(Br)cc1OCc1ccc(Cl)cc1. The van der Waals surface area contributed by atoms with Gasteiger partial charge in [0.1, 0.15) is 6.61 Å². The number of nitrogens with one attached hydrogen (secondary N) is 1. The molecule has 136 valence electrons. The van der Waals surface area contributed by atoms with Crippen molar-refractivity contribution in [2.45, 2.75) is 13.2 Å². The highest BCUT2D eigenvalue weighted by molar-refractivity contribution is 9.10. The molecular formula is C17H17BrClN5O2. The number of aryl methyl sites for hydroxylation is 1. The van der Waals surface area contributed by atoms with Crippen molar-refractivity contribution in [2.75, 3.05) is 12.4 Å². The molecule has 0 saturated heterocycles. The first-order valence-electron chi connectivity index (χ1n) is 7.76. The molecule has 7 nitrogen and oxygen atoms in total. The molecule has 0 unspecified atom stereocenters. The fourth-order valence-electron chi connectivity index (χ4n) is 2.28. The Hall–Kier alpha value is -2.32. The van der Waals surface area contributed by atoms with Gasteiger partial charge in [0, 0.05) is 23.1 Å². The Morgan fingerprint density at radius 1 is 1.19 bits per heavy atom. The fourth-order valence-corrected chi connectivity index (χ4v) is 2.87. The molecule has 3 rings (SSSR count). The van der Waals surface area contributed by atoms with E-state index in [-0.39, 0.29) is 0 Å². The summed E-state index contributed by atoms with van der Waals surface area (Å²) in [7, 11) is 3.38. The number of nitrogens with zero attached hydrogens (tertiary/aromatic N) is 4. The Kier molecular flexibility index (Phi) is 5.95. The van der Waals surface area contributed by atoms with Crippen LogP contribution in [0.4, 0.5) is 5.95 Å². The van der Waals surface area contributed by atoms with Crippen molar-refractivity contribution in [1.29, 1.82) is 0 Å². The fraction of sp³-hybridized carbons (Fsp3) is 0.235. The van der Waals surface area contributed by atoms with Crippen LogP contribution < -0.4 is 14.8 Å². The molecule has 0 atom stereocenters. The first-order chi connectivity index (χ1) is 12.6. The average molecular weight is 439 g/mol. The largest absolute Gasteiger partial charge is 0.493 e. The molecular weight excluding hydrogens is 422 g/mol. The molecule has 0 amide bonds. The molecule has 0 aliphatic carbocycles. The van der Waals surface area contributed by atoms with Gasteiger partial charge in [0.05, 0.1) is 7.11 Å². The summed E-state index contributed by atoms with van der Waals surface area (Å²) < 4.78 is 13.8. The number of rotatable bonds is 7. The Balaban J connectivity index is 1.71. The molecule has 0 spiro atoms. The van der Waals surface area contributed by atoms with Gasteiger partial charge in [-0.05, 0) is 45.8 Å². The zero-order valence-corrected chi connectivity index (χ0v) is 16.6. The number of tetrazole rings is 1. The van der Waals surface area contributed by atoms with E-state index in [0.29, 0.717) is 35.6 Å². The minimum Gasteiger partial charge on any atom is -0.493 e. The molecule has 9 heteroatoms. The lowest BCUT2D eigenvalue weighted by Gasteiger charge is -2.14. The summed E-state index contributed by atoms with van der Waals surface area (Å²) in [6.45, 7) is 0.949. The quantitative estimate of drug-likeness (QED) is 0.604. The molecule has 0 aliphatic rings. The Morgan fingerprint density at radius 2 is 1.96 bits per heavy atom. The van der Waals surface area contributed by atoms with Gasteiger partial charge in [-0.1, -0.05) is 44.8 Å². The number of methoxy groups -OCH3 is 1. The lowest BCUT2D eigenvalue weighted by atomic mass is 10.2. The second kappa shape index (κ2) is 8.37. The molecule has 0 fully saturated rings. The van der Waals surface area contributed by atoms with E-state index in [2.05, 4.69) is 36.8 Å². The van der Waals surface area contributed by atoms with Gasteiger partial charge in [-0.15, -0.1) is 0 Å². The Morgan fingerprint density at radius 3 is 2.62 bits per heavy atom. The molecule has 1 N–H and O–H groups in total. The van der Waals surface area contributed by atoms with Crippen LogP contribution in [0.2, 0.25) is 5.02 Å². The molecule has 0 bridgehead atoms. The molecule has 2 aromatic carbocycles. The number of benzene rings is 2. The highest BCUT2D eigenvalue weighted by atomic mass is 79.9. The summed E-state index contributed by atoms with van der Waals surface area (Å²) in [6.07, 6.45) is 0. The molecule has 0 radical (unpaired) electrons. The average Bonchev–Trinajstić information content (AvgIpc) is 3.05. The summed E-state index contributed by atoms with van der Waals surface area (Å²) in [4.78, 5) is 0. The summed E-state index contributed by atoms with van der Waals surface area (Å²) in [5.41, 5.74) is 2.01. The van der Waals surface area contributed by atoms with Gasteiger partial charge < -0.3 is 14.8 Å². The minimum absolute atomic E-state index is 0.419. The Labute approximate surface area is 164 Å². The van der Waals surface area contributed by atoms with Crippen molar-refractivity contribution in [3.8, 4) is 11.5 Å².